The quantitative estimate of drug-likeness (QED) is 0.187. The molecule has 9 nitrogen and oxygen atoms in total. The van der Waals surface area contributed by atoms with Crippen molar-refractivity contribution in [3.8, 4) is 0 Å². The van der Waals surface area contributed by atoms with Crippen molar-refractivity contribution in [1.82, 2.24) is 0 Å². The smallest absolute Gasteiger partial charge is 1.00 e. The van der Waals surface area contributed by atoms with Crippen molar-refractivity contribution in [2.24, 2.45) is 10.3 Å². The van der Waals surface area contributed by atoms with Gasteiger partial charge in [-0.3, -0.25) is 0 Å². The van der Waals surface area contributed by atoms with E-state index in [9.17, 15) is 38.6 Å². The monoisotopic (exact) mass is 860 g/mol. The molecule has 0 saturated heterocycles. The first-order chi connectivity index (χ1) is 20.8. The molecule has 0 N–H and O–H groups in total. The Hall–Kier alpha value is -1.38. The summed E-state index contributed by atoms with van der Waals surface area (Å²) in [5.41, 5.74) is -2.53. The first-order valence-electron chi connectivity index (χ1n) is 13.8. The number of halogens is 5. The summed E-state index contributed by atoms with van der Waals surface area (Å²) in [6, 6.07) is 6.45. The molecule has 264 valence electrons. The SMILES string of the molecule is C=C(c1c(F)cccc1F)S(=O)(=O)C1=NOC(C)(C)C1.CC1(C)CC(S(=O)(=O)C2(c3c(F)cccc3F)CC2)=NO1.C[S+](C)(C)=O.[H-].[I-].[Na+]. The van der Waals surface area contributed by atoms with Crippen molar-refractivity contribution in [3.05, 3.63) is 77.4 Å². The first-order valence-corrected chi connectivity index (χ1v) is 19.6. The van der Waals surface area contributed by atoms with Gasteiger partial charge in [-0.05, 0) is 64.8 Å². The number of sulfone groups is 2. The van der Waals surface area contributed by atoms with Crippen molar-refractivity contribution in [2.75, 3.05) is 18.8 Å². The Morgan fingerprint density at radius 3 is 1.48 bits per heavy atom. The van der Waals surface area contributed by atoms with E-state index in [1.807, 2.05) is 0 Å². The summed E-state index contributed by atoms with van der Waals surface area (Å²) in [6.45, 7) is 10.0. The van der Waals surface area contributed by atoms with Gasteiger partial charge in [0, 0.05) is 18.4 Å². The topological polar surface area (TPSA) is 129 Å². The van der Waals surface area contributed by atoms with Crippen LogP contribution in [0.1, 0.15) is 65.9 Å². The van der Waals surface area contributed by atoms with Crippen LogP contribution in [0.4, 0.5) is 17.6 Å². The first kappa shape index (κ1) is 44.6. The van der Waals surface area contributed by atoms with Crippen LogP contribution >= 0.6 is 0 Å². The van der Waals surface area contributed by atoms with Crippen LogP contribution in [0.15, 0.2) is 53.3 Å². The van der Waals surface area contributed by atoms with Gasteiger partial charge < -0.3 is 35.1 Å². The van der Waals surface area contributed by atoms with E-state index >= 15 is 0 Å². The summed E-state index contributed by atoms with van der Waals surface area (Å²) in [6.07, 6.45) is 5.64. The van der Waals surface area contributed by atoms with Gasteiger partial charge in [0.15, 0.2) is 10.1 Å². The predicted molar refractivity (Wildman–Crippen MR) is 172 cm³/mol. The van der Waals surface area contributed by atoms with Gasteiger partial charge in [0.05, 0.1) is 20.4 Å². The minimum Gasteiger partial charge on any atom is -1.00 e. The van der Waals surface area contributed by atoms with Crippen molar-refractivity contribution in [1.29, 1.82) is 0 Å². The van der Waals surface area contributed by atoms with Crippen LogP contribution in [0.25, 0.3) is 4.91 Å². The van der Waals surface area contributed by atoms with E-state index in [-0.39, 0.29) is 96.3 Å². The number of hydrogen-bond donors (Lipinski definition) is 0. The number of hydrogen-bond acceptors (Lipinski definition) is 9. The van der Waals surface area contributed by atoms with Crippen LogP contribution < -0.4 is 53.5 Å². The number of benzene rings is 2. The van der Waals surface area contributed by atoms with E-state index in [0.29, 0.717) is 0 Å². The average Bonchev–Trinajstić information content (AvgIpc) is 3.49. The Balaban J connectivity index is 0.000000786. The Morgan fingerprint density at radius 2 is 1.15 bits per heavy atom. The summed E-state index contributed by atoms with van der Waals surface area (Å²) in [7, 11) is -9.53. The molecule has 0 aromatic heterocycles. The zero-order chi connectivity index (χ0) is 35.1. The fraction of sp³-hybridized carbons (Fsp3) is 0.467. The standard InChI is InChI=1S/C14H15F2NO3S.C13H13F2NO3S.C3H9OS.HI.Na.H/c1-13(2)8-11(17-20-13)21(18,19)14(6-7-14)12-9(15)4-3-5-10(12)16;1-8(12-9(14)5-4-6-10(12)15)20(17,18)11-7-13(2,3)19-16-11;1-5(2,3)4;;;/h3-5H,6-8H2,1-2H3;4-6H,1,7H2,2-3H3;1-3H3;1H;;/q;;+1;;+1;-1/p-1. The summed E-state index contributed by atoms with van der Waals surface area (Å²) in [5.74, 6) is -3.65. The van der Waals surface area contributed by atoms with Gasteiger partial charge in [-0.25, -0.2) is 34.4 Å². The van der Waals surface area contributed by atoms with Crippen molar-refractivity contribution >= 4 is 44.6 Å². The molecule has 1 fully saturated rings. The molecule has 1 aliphatic carbocycles. The third-order valence-corrected chi connectivity index (χ3v) is 10.9. The molecule has 0 bridgehead atoms. The molecular weight excluding hydrogens is 822 g/mol. The minimum absolute atomic E-state index is 0. The maximum atomic E-state index is 14.0. The van der Waals surface area contributed by atoms with Gasteiger partial charge in [0.2, 0.25) is 19.7 Å². The fourth-order valence-electron chi connectivity index (χ4n) is 4.46. The fourth-order valence-corrected chi connectivity index (χ4v) is 8.11. The Labute approximate surface area is 321 Å². The zero-order valence-electron chi connectivity index (χ0n) is 28.9. The van der Waals surface area contributed by atoms with E-state index in [1.165, 1.54) is 6.07 Å². The molecule has 0 amide bonds. The summed E-state index contributed by atoms with van der Waals surface area (Å²) < 4.78 is 114. The van der Waals surface area contributed by atoms with Gasteiger partial charge in [-0.2, -0.15) is 0 Å². The van der Waals surface area contributed by atoms with E-state index < -0.39 is 79.3 Å². The van der Waals surface area contributed by atoms with E-state index in [4.69, 9.17) is 9.68 Å². The molecule has 0 radical (unpaired) electrons. The molecule has 3 aliphatic rings. The van der Waals surface area contributed by atoms with E-state index in [2.05, 4.69) is 16.9 Å². The molecule has 0 atom stereocenters. The van der Waals surface area contributed by atoms with Crippen LogP contribution in [0.3, 0.4) is 0 Å². The molecule has 0 unspecified atom stereocenters. The van der Waals surface area contributed by atoms with Gasteiger partial charge >= 0.3 is 29.6 Å². The van der Waals surface area contributed by atoms with Gasteiger partial charge in [-0.1, -0.05) is 29.0 Å². The molecular formula is C30H38F4IN2NaO7S3. The van der Waals surface area contributed by atoms with Crippen molar-refractivity contribution < 1.29 is 103 Å². The molecule has 5 rings (SSSR count). The maximum absolute atomic E-state index is 14.0. The Kier molecular flexibility index (Phi) is 14.8. The normalized spacial score (nSPS) is 18.4. The summed E-state index contributed by atoms with van der Waals surface area (Å²) in [4.78, 5) is 9.39. The second-order valence-electron chi connectivity index (χ2n) is 12.9. The minimum atomic E-state index is -4.16. The maximum Gasteiger partial charge on any atom is 1.00 e. The van der Waals surface area contributed by atoms with Gasteiger partial charge in [-0.15, -0.1) is 4.21 Å². The molecule has 1 saturated carbocycles. The summed E-state index contributed by atoms with van der Waals surface area (Å²) in [5, 5.41) is 6.71. The molecule has 48 heavy (non-hydrogen) atoms. The van der Waals surface area contributed by atoms with Gasteiger partial charge in [0.25, 0.3) is 0 Å². The second kappa shape index (κ2) is 15.9. The van der Waals surface area contributed by atoms with Crippen LogP contribution in [0.5, 0.6) is 0 Å². The van der Waals surface area contributed by atoms with Crippen molar-refractivity contribution in [2.45, 2.75) is 69.3 Å². The second-order valence-corrected chi connectivity index (χ2v) is 20.5. The predicted octanol–water partition coefficient (Wildman–Crippen LogP) is 0.240. The number of oxime groups is 2. The molecule has 2 heterocycles. The average molecular weight is 861 g/mol. The number of nitrogens with zero attached hydrogens (tertiary/aromatic N) is 2. The molecule has 18 heteroatoms. The Bertz CT molecular complexity index is 1830. The van der Waals surface area contributed by atoms with Crippen molar-refractivity contribution in [3.63, 3.8) is 0 Å². The van der Waals surface area contributed by atoms with Gasteiger partial charge in [0.1, 0.15) is 58.0 Å². The Morgan fingerprint density at radius 1 is 0.792 bits per heavy atom. The zero-order valence-corrected chi connectivity index (χ0v) is 34.5. The molecule has 2 aromatic rings. The van der Waals surface area contributed by atoms with Crippen LogP contribution in [-0.2, 0) is 48.2 Å². The van der Waals surface area contributed by atoms with E-state index in [0.717, 1.165) is 30.3 Å². The van der Waals surface area contributed by atoms with Crippen LogP contribution in [0, 0.1) is 23.3 Å². The van der Waals surface area contributed by atoms with E-state index in [1.54, 1.807) is 46.5 Å². The molecule has 2 aliphatic heterocycles. The third kappa shape index (κ3) is 10.3. The molecule has 0 spiro atoms. The number of rotatable bonds is 4. The largest absolute Gasteiger partial charge is 1.00 e. The summed E-state index contributed by atoms with van der Waals surface area (Å²) >= 11 is 0. The van der Waals surface area contributed by atoms with Crippen LogP contribution in [0.2, 0.25) is 0 Å². The third-order valence-electron chi connectivity index (χ3n) is 6.77. The van der Waals surface area contributed by atoms with Crippen LogP contribution in [-0.4, -0.2) is 56.9 Å². The molecule has 2 aromatic carbocycles.